The van der Waals surface area contributed by atoms with Gasteiger partial charge < -0.3 is 13.9 Å². The van der Waals surface area contributed by atoms with Crippen LogP contribution in [0.2, 0.25) is 0 Å². The van der Waals surface area contributed by atoms with Gasteiger partial charge in [0.15, 0.2) is 0 Å². The van der Waals surface area contributed by atoms with Crippen LogP contribution in [0.3, 0.4) is 0 Å². The van der Waals surface area contributed by atoms with E-state index in [0.29, 0.717) is 25.0 Å². The minimum Gasteiger partial charge on any atom is -0.469 e. The number of furan rings is 1. The summed E-state index contributed by atoms with van der Waals surface area (Å²) in [5, 5.41) is 0. The third-order valence-corrected chi connectivity index (χ3v) is 8.33. The van der Waals surface area contributed by atoms with Crippen molar-refractivity contribution in [3.05, 3.63) is 35.8 Å². The quantitative estimate of drug-likeness (QED) is 0.375. The van der Waals surface area contributed by atoms with E-state index in [4.69, 9.17) is 13.9 Å². The first-order valence-electron chi connectivity index (χ1n) is 12.3. The fourth-order valence-corrected chi connectivity index (χ4v) is 6.72. The molecule has 0 saturated heterocycles. The van der Waals surface area contributed by atoms with Crippen molar-refractivity contribution in [2.75, 3.05) is 27.3 Å². The van der Waals surface area contributed by atoms with Crippen LogP contribution < -0.4 is 0 Å². The predicted octanol–water partition coefficient (Wildman–Crippen LogP) is 5.16. The second-order valence-corrected chi connectivity index (χ2v) is 10.5. The molecule has 4 unspecified atom stereocenters. The highest BCUT2D eigenvalue weighted by molar-refractivity contribution is 5.77. The number of fused-ring (bicyclic) bond motifs is 1. The summed E-state index contributed by atoms with van der Waals surface area (Å²) in [6, 6.07) is 2.04. The minimum absolute atomic E-state index is 0.0428. The summed E-state index contributed by atoms with van der Waals surface area (Å²) in [7, 11) is 3.41. The van der Waals surface area contributed by atoms with Crippen LogP contribution in [0.15, 0.2) is 28.9 Å². The third-order valence-electron chi connectivity index (χ3n) is 8.33. The van der Waals surface area contributed by atoms with Crippen molar-refractivity contribution in [3.8, 4) is 0 Å². The van der Waals surface area contributed by atoms with Crippen molar-refractivity contribution in [2.45, 2.75) is 72.3 Å². The number of ether oxygens (including phenoxy) is 2. The maximum Gasteiger partial charge on any atom is 0.320 e. The number of carbonyl (C=O) groups is 2. The average Bonchev–Trinajstić information content (AvgIpc) is 3.19. The summed E-state index contributed by atoms with van der Waals surface area (Å²) in [4.78, 5) is 26.5. The number of allylic oxidation sites excluding steroid dienone is 1. The highest BCUT2D eigenvalue weighted by Crippen LogP contribution is 2.62. The predicted molar refractivity (Wildman–Crippen MR) is 127 cm³/mol. The molecule has 1 heterocycles. The van der Waals surface area contributed by atoms with Crippen LogP contribution in [0, 0.1) is 22.7 Å². The van der Waals surface area contributed by atoms with E-state index in [1.165, 1.54) is 18.2 Å². The maximum absolute atomic E-state index is 12.8. The zero-order chi connectivity index (χ0) is 24.2. The van der Waals surface area contributed by atoms with Gasteiger partial charge in [0.1, 0.15) is 5.76 Å². The molecule has 2 aliphatic rings. The summed E-state index contributed by atoms with van der Waals surface area (Å²) < 4.78 is 16.1. The number of nitrogens with zero attached hydrogens (tertiary/aromatic N) is 1. The minimum atomic E-state index is -0.419. The van der Waals surface area contributed by atoms with Gasteiger partial charge in [-0.15, -0.1) is 0 Å². The number of methoxy groups -OCH3 is 1. The van der Waals surface area contributed by atoms with Crippen LogP contribution in [0.5, 0.6) is 0 Å². The second-order valence-electron chi connectivity index (χ2n) is 10.5. The lowest BCUT2D eigenvalue weighted by Crippen LogP contribution is -2.53. The lowest BCUT2D eigenvalue weighted by molar-refractivity contribution is -0.168. The van der Waals surface area contributed by atoms with Crippen molar-refractivity contribution in [1.29, 1.82) is 0 Å². The largest absolute Gasteiger partial charge is 0.469 e. The Morgan fingerprint density at radius 2 is 2.06 bits per heavy atom. The Morgan fingerprint density at radius 1 is 1.30 bits per heavy atom. The molecule has 2 saturated carbocycles. The number of likely N-dealkylation sites (N-methyl/N-ethyl adjacent to an activating group) is 1. The standard InChI is InChI=1S/C27H41NO5/c1-7-32-24(29)18-28(5)17-22-20(13-16-33-22)10-11-21-19(2)9-12-23-26(21,3)14-8-15-27(23,4)25(30)31-6/h13,16,21,23H,2,7-12,14-15,17-18H2,1,3-6H3. The lowest BCUT2D eigenvalue weighted by atomic mass is 9.46. The number of carbonyl (C=O) groups excluding carboxylic acids is 2. The van der Waals surface area contributed by atoms with E-state index in [-0.39, 0.29) is 23.9 Å². The van der Waals surface area contributed by atoms with E-state index in [1.807, 2.05) is 24.9 Å². The highest BCUT2D eigenvalue weighted by Gasteiger charge is 2.57. The fourth-order valence-electron chi connectivity index (χ4n) is 6.72. The molecule has 0 N–H and O–H groups in total. The Morgan fingerprint density at radius 3 is 2.76 bits per heavy atom. The number of hydrogen-bond acceptors (Lipinski definition) is 6. The van der Waals surface area contributed by atoms with E-state index in [2.05, 4.69) is 20.4 Å². The van der Waals surface area contributed by atoms with Crippen LogP contribution in [0.1, 0.15) is 70.6 Å². The van der Waals surface area contributed by atoms with Crippen molar-refractivity contribution < 1.29 is 23.5 Å². The molecule has 0 spiro atoms. The number of aryl methyl sites for hydroxylation is 1. The monoisotopic (exact) mass is 459 g/mol. The van der Waals surface area contributed by atoms with Gasteiger partial charge in [-0.2, -0.15) is 0 Å². The van der Waals surface area contributed by atoms with Crippen molar-refractivity contribution in [3.63, 3.8) is 0 Å². The first kappa shape index (κ1) is 25.5. The second kappa shape index (κ2) is 10.5. The fraction of sp³-hybridized carbons (Fsp3) is 0.704. The number of hydrogen-bond donors (Lipinski definition) is 0. The summed E-state index contributed by atoms with van der Waals surface area (Å²) >= 11 is 0. The van der Waals surface area contributed by atoms with Crippen molar-refractivity contribution in [2.24, 2.45) is 22.7 Å². The van der Waals surface area contributed by atoms with Gasteiger partial charge in [-0.05, 0) is 88.3 Å². The molecule has 6 heteroatoms. The zero-order valence-corrected chi connectivity index (χ0v) is 21.1. The first-order valence-corrected chi connectivity index (χ1v) is 12.3. The third kappa shape index (κ3) is 5.21. The lowest BCUT2D eigenvalue weighted by Gasteiger charge is -2.57. The van der Waals surface area contributed by atoms with Gasteiger partial charge in [0, 0.05) is 0 Å². The van der Waals surface area contributed by atoms with Gasteiger partial charge in [0.25, 0.3) is 0 Å². The Balaban J connectivity index is 1.71. The van der Waals surface area contributed by atoms with E-state index < -0.39 is 5.41 Å². The first-order chi connectivity index (χ1) is 15.7. The van der Waals surface area contributed by atoms with Crippen molar-refractivity contribution in [1.82, 2.24) is 4.90 Å². The zero-order valence-electron chi connectivity index (χ0n) is 21.1. The van der Waals surface area contributed by atoms with Crippen LogP contribution in [-0.2, 0) is 32.0 Å². The van der Waals surface area contributed by atoms with Gasteiger partial charge in [0.05, 0.1) is 38.5 Å². The number of rotatable bonds is 9. The average molecular weight is 460 g/mol. The van der Waals surface area contributed by atoms with Crippen LogP contribution in [-0.4, -0.2) is 44.1 Å². The van der Waals surface area contributed by atoms with Gasteiger partial charge in [-0.3, -0.25) is 14.5 Å². The van der Waals surface area contributed by atoms with E-state index >= 15 is 0 Å². The molecule has 0 radical (unpaired) electrons. The summed E-state index contributed by atoms with van der Waals surface area (Å²) in [6.45, 7) is 11.9. The Kier molecular flexibility index (Phi) is 8.09. The van der Waals surface area contributed by atoms with E-state index in [9.17, 15) is 9.59 Å². The van der Waals surface area contributed by atoms with Gasteiger partial charge >= 0.3 is 11.9 Å². The Labute approximate surface area is 198 Å². The molecule has 3 rings (SSSR count). The number of esters is 2. The van der Waals surface area contributed by atoms with Crippen LogP contribution in [0.25, 0.3) is 0 Å². The molecule has 0 bridgehead atoms. The molecule has 0 aromatic carbocycles. The van der Waals surface area contributed by atoms with Crippen LogP contribution in [0.4, 0.5) is 0 Å². The van der Waals surface area contributed by atoms with E-state index in [1.54, 1.807) is 6.26 Å². The van der Waals surface area contributed by atoms with Gasteiger partial charge in [-0.1, -0.05) is 25.5 Å². The van der Waals surface area contributed by atoms with Crippen LogP contribution >= 0.6 is 0 Å². The molecule has 1 aromatic heterocycles. The van der Waals surface area contributed by atoms with Gasteiger partial charge in [-0.25, -0.2) is 0 Å². The molecule has 2 aliphatic carbocycles. The maximum atomic E-state index is 12.8. The van der Waals surface area contributed by atoms with Crippen molar-refractivity contribution >= 4 is 11.9 Å². The normalized spacial score (nSPS) is 29.6. The molecule has 184 valence electrons. The molecular weight excluding hydrogens is 418 g/mol. The molecule has 33 heavy (non-hydrogen) atoms. The topological polar surface area (TPSA) is 69.0 Å². The molecular formula is C27H41NO5. The molecule has 1 aromatic rings. The molecule has 0 amide bonds. The van der Waals surface area contributed by atoms with E-state index in [0.717, 1.165) is 50.7 Å². The SMILES string of the molecule is C=C1CCC2C(C)(C(=O)OC)CCCC2(C)C1CCc1ccoc1CN(C)CC(=O)OCC. The Hall–Kier alpha value is -2.08. The summed E-state index contributed by atoms with van der Waals surface area (Å²) in [5.74, 6) is 1.28. The molecule has 6 nitrogen and oxygen atoms in total. The molecule has 2 fully saturated rings. The summed E-state index contributed by atoms with van der Waals surface area (Å²) in [6.07, 6.45) is 8.64. The summed E-state index contributed by atoms with van der Waals surface area (Å²) in [5.41, 5.74) is 2.11. The smallest absolute Gasteiger partial charge is 0.320 e. The molecule has 0 aliphatic heterocycles. The highest BCUT2D eigenvalue weighted by atomic mass is 16.5. The molecule has 4 atom stereocenters. The van der Waals surface area contributed by atoms with Gasteiger partial charge in [0.2, 0.25) is 0 Å². The Bertz CT molecular complexity index is 860.